The lowest BCUT2D eigenvalue weighted by Gasteiger charge is -2.37. The molecule has 1 heterocycles. The molecule has 0 radical (unpaired) electrons. The standard InChI is InChI=1S/C20H22N2O2/c1-10-4-3-5-16(11(10)2)21-9-22-19(23)17-12-6-7-13(15-8-14(12)15)18(17)20(22)24/h3-7,12-15,17-18,21H,8-9H2,1-2H3/t12-,13-,14-,15-,17+,18+/m0/s1. The number of amides is 2. The van der Waals surface area contributed by atoms with Crippen LogP contribution in [0.4, 0.5) is 5.69 Å². The van der Waals surface area contributed by atoms with E-state index in [1.165, 1.54) is 16.9 Å². The SMILES string of the molecule is Cc1cccc(NCN2C(=O)[C@@H]3[C@H]4C=C[C@@H]([C@@H]5C[C@@H]45)[C@H]3C2=O)c1C. The van der Waals surface area contributed by atoms with Crippen molar-refractivity contribution >= 4 is 17.5 Å². The number of allylic oxidation sites excluding steroid dienone is 2. The third kappa shape index (κ3) is 1.74. The molecule has 0 aromatic heterocycles. The number of imide groups is 1. The molecule has 1 N–H and O–H groups in total. The number of likely N-dealkylation sites (tertiary alicyclic amines) is 1. The molecular weight excluding hydrogens is 300 g/mol. The van der Waals surface area contributed by atoms with Crippen LogP contribution in [0.25, 0.3) is 0 Å². The Morgan fingerprint density at radius 2 is 1.67 bits per heavy atom. The van der Waals surface area contributed by atoms with Gasteiger partial charge in [0.15, 0.2) is 0 Å². The Kier molecular flexibility index (Phi) is 2.80. The van der Waals surface area contributed by atoms with Gasteiger partial charge in [0.05, 0.1) is 18.5 Å². The first-order valence-corrected chi connectivity index (χ1v) is 8.91. The number of rotatable bonds is 3. The molecule has 0 spiro atoms. The molecule has 2 bridgehead atoms. The van der Waals surface area contributed by atoms with Gasteiger partial charge in [-0.1, -0.05) is 24.3 Å². The third-order valence-corrected chi connectivity index (χ3v) is 6.79. The summed E-state index contributed by atoms with van der Waals surface area (Å²) in [6.07, 6.45) is 5.64. The summed E-state index contributed by atoms with van der Waals surface area (Å²) in [5.41, 5.74) is 3.36. The molecule has 1 aromatic rings. The molecule has 1 aliphatic heterocycles. The molecule has 5 aliphatic rings. The van der Waals surface area contributed by atoms with E-state index in [9.17, 15) is 9.59 Å². The number of nitrogens with one attached hydrogen (secondary N) is 1. The number of hydrogen-bond donors (Lipinski definition) is 1. The highest BCUT2D eigenvalue weighted by Crippen LogP contribution is 2.65. The quantitative estimate of drug-likeness (QED) is 0.688. The summed E-state index contributed by atoms with van der Waals surface area (Å²) in [5, 5.41) is 3.30. The number of benzene rings is 1. The lowest BCUT2D eigenvalue weighted by molar-refractivity contribution is -0.139. The second-order valence-electron chi connectivity index (χ2n) is 7.84. The Morgan fingerprint density at radius 3 is 2.29 bits per heavy atom. The van der Waals surface area contributed by atoms with Crippen LogP contribution in [0.1, 0.15) is 17.5 Å². The molecule has 2 amide bonds. The van der Waals surface area contributed by atoms with Gasteiger partial charge in [-0.25, -0.2) is 0 Å². The Hall–Kier alpha value is -2.10. The maximum Gasteiger partial charge on any atom is 0.235 e. The average molecular weight is 322 g/mol. The summed E-state index contributed by atoms with van der Waals surface area (Å²) in [6.45, 7) is 4.41. The molecule has 6 rings (SSSR count). The molecule has 3 fully saturated rings. The highest BCUT2D eigenvalue weighted by molar-refractivity contribution is 6.06. The van der Waals surface area contributed by atoms with Gasteiger partial charge in [-0.2, -0.15) is 0 Å². The highest BCUT2D eigenvalue weighted by Gasteiger charge is 2.66. The number of hydrogen-bond acceptors (Lipinski definition) is 3. The Labute approximate surface area is 141 Å². The lowest BCUT2D eigenvalue weighted by Crippen LogP contribution is -2.40. The Morgan fingerprint density at radius 1 is 1.04 bits per heavy atom. The predicted octanol–water partition coefficient (Wildman–Crippen LogP) is 2.73. The maximum absolute atomic E-state index is 12.9. The van der Waals surface area contributed by atoms with E-state index in [2.05, 4.69) is 37.4 Å². The Bertz CT molecular complexity index is 748. The van der Waals surface area contributed by atoms with Crippen LogP contribution in [-0.2, 0) is 9.59 Å². The van der Waals surface area contributed by atoms with Gasteiger partial charge in [0.25, 0.3) is 0 Å². The molecular formula is C20H22N2O2. The first kappa shape index (κ1) is 14.3. The third-order valence-electron chi connectivity index (χ3n) is 6.79. The molecule has 1 saturated heterocycles. The summed E-state index contributed by atoms with van der Waals surface area (Å²) >= 11 is 0. The molecule has 4 nitrogen and oxygen atoms in total. The van der Waals surface area contributed by atoms with Gasteiger partial charge in [-0.15, -0.1) is 0 Å². The van der Waals surface area contributed by atoms with Crippen LogP contribution in [0.2, 0.25) is 0 Å². The zero-order valence-corrected chi connectivity index (χ0v) is 14.0. The number of carbonyl (C=O) groups excluding carboxylic acids is 2. The topological polar surface area (TPSA) is 49.4 Å². The molecule has 124 valence electrons. The zero-order valence-electron chi connectivity index (χ0n) is 14.0. The number of aryl methyl sites for hydroxylation is 1. The van der Waals surface area contributed by atoms with Crippen molar-refractivity contribution in [2.75, 3.05) is 12.0 Å². The number of carbonyl (C=O) groups is 2. The minimum absolute atomic E-state index is 0.0347. The van der Waals surface area contributed by atoms with Crippen LogP contribution in [0.5, 0.6) is 0 Å². The first-order valence-electron chi connectivity index (χ1n) is 8.91. The fourth-order valence-corrected chi connectivity index (χ4v) is 5.28. The van der Waals surface area contributed by atoms with Crippen molar-refractivity contribution in [1.82, 2.24) is 4.90 Å². The van der Waals surface area contributed by atoms with E-state index in [4.69, 9.17) is 0 Å². The fourth-order valence-electron chi connectivity index (χ4n) is 5.28. The zero-order chi connectivity index (χ0) is 16.6. The second-order valence-corrected chi connectivity index (χ2v) is 7.84. The predicted molar refractivity (Wildman–Crippen MR) is 91.0 cm³/mol. The highest BCUT2D eigenvalue weighted by atomic mass is 16.2. The van der Waals surface area contributed by atoms with Crippen LogP contribution in [0.3, 0.4) is 0 Å². The molecule has 1 aromatic carbocycles. The smallest absolute Gasteiger partial charge is 0.235 e. The fraction of sp³-hybridized carbons (Fsp3) is 0.500. The van der Waals surface area contributed by atoms with E-state index < -0.39 is 0 Å². The molecule has 6 atom stereocenters. The molecule has 0 unspecified atom stereocenters. The van der Waals surface area contributed by atoms with Crippen molar-refractivity contribution in [3.05, 3.63) is 41.5 Å². The molecule has 24 heavy (non-hydrogen) atoms. The van der Waals surface area contributed by atoms with Gasteiger partial charge >= 0.3 is 0 Å². The van der Waals surface area contributed by atoms with Crippen molar-refractivity contribution in [1.29, 1.82) is 0 Å². The lowest BCUT2D eigenvalue weighted by atomic mass is 9.63. The number of anilines is 1. The van der Waals surface area contributed by atoms with E-state index in [0.717, 1.165) is 11.3 Å². The van der Waals surface area contributed by atoms with Gasteiger partial charge in [-0.3, -0.25) is 14.5 Å². The summed E-state index contributed by atoms with van der Waals surface area (Å²) in [5.74, 6) is 1.78. The van der Waals surface area contributed by atoms with E-state index in [-0.39, 0.29) is 30.3 Å². The summed E-state index contributed by atoms with van der Waals surface area (Å²) in [7, 11) is 0. The van der Waals surface area contributed by atoms with Crippen LogP contribution < -0.4 is 5.32 Å². The summed E-state index contributed by atoms with van der Waals surface area (Å²) in [6, 6.07) is 6.06. The minimum Gasteiger partial charge on any atom is -0.367 e. The van der Waals surface area contributed by atoms with Crippen LogP contribution in [-0.4, -0.2) is 23.4 Å². The Balaban J connectivity index is 1.38. The van der Waals surface area contributed by atoms with Crippen LogP contribution in [0, 0.1) is 49.4 Å². The normalized spacial score (nSPS) is 38.3. The molecule has 4 heteroatoms. The summed E-state index contributed by atoms with van der Waals surface area (Å²) < 4.78 is 0. The van der Waals surface area contributed by atoms with E-state index in [1.54, 1.807) is 0 Å². The van der Waals surface area contributed by atoms with Crippen LogP contribution >= 0.6 is 0 Å². The summed E-state index contributed by atoms with van der Waals surface area (Å²) in [4.78, 5) is 27.3. The van der Waals surface area contributed by atoms with Crippen molar-refractivity contribution in [3.63, 3.8) is 0 Å². The van der Waals surface area contributed by atoms with Gasteiger partial charge < -0.3 is 5.32 Å². The molecule has 4 aliphatic carbocycles. The monoisotopic (exact) mass is 322 g/mol. The van der Waals surface area contributed by atoms with Gasteiger partial charge in [0, 0.05) is 5.69 Å². The molecule has 2 saturated carbocycles. The van der Waals surface area contributed by atoms with Crippen LogP contribution in [0.15, 0.2) is 30.4 Å². The van der Waals surface area contributed by atoms with E-state index in [1.807, 2.05) is 12.1 Å². The minimum atomic E-state index is -0.100. The van der Waals surface area contributed by atoms with Gasteiger partial charge in [0.2, 0.25) is 11.8 Å². The van der Waals surface area contributed by atoms with E-state index >= 15 is 0 Å². The van der Waals surface area contributed by atoms with Gasteiger partial charge in [0.1, 0.15) is 0 Å². The van der Waals surface area contributed by atoms with E-state index in [0.29, 0.717) is 23.7 Å². The number of nitrogens with zero attached hydrogens (tertiary/aromatic N) is 1. The second kappa shape index (κ2) is 4.71. The van der Waals surface area contributed by atoms with Crippen molar-refractivity contribution < 1.29 is 9.59 Å². The van der Waals surface area contributed by atoms with Crippen molar-refractivity contribution in [2.24, 2.45) is 35.5 Å². The van der Waals surface area contributed by atoms with Gasteiger partial charge in [-0.05, 0) is 61.1 Å². The maximum atomic E-state index is 12.9. The average Bonchev–Trinajstić information content (AvgIpc) is 3.35. The van der Waals surface area contributed by atoms with Crippen molar-refractivity contribution in [3.8, 4) is 0 Å². The van der Waals surface area contributed by atoms with Crippen molar-refractivity contribution in [2.45, 2.75) is 20.3 Å². The largest absolute Gasteiger partial charge is 0.367 e. The first-order chi connectivity index (χ1) is 11.6.